The fourth-order valence-corrected chi connectivity index (χ4v) is 4.34. The normalized spacial score (nSPS) is 25.2. The average Bonchev–Trinajstić information content (AvgIpc) is 3.21. The predicted molar refractivity (Wildman–Crippen MR) is 101 cm³/mol. The van der Waals surface area contributed by atoms with Crippen LogP contribution in [0.1, 0.15) is 36.5 Å². The molecule has 1 saturated carbocycles. The van der Waals surface area contributed by atoms with Gasteiger partial charge < -0.3 is 15.1 Å². The van der Waals surface area contributed by atoms with Crippen LogP contribution in [0, 0.1) is 17.3 Å². The number of hydrogen-bond donors (Lipinski definition) is 1. The first kappa shape index (κ1) is 18.0. The van der Waals surface area contributed by atoms with Gasteiger partial charge in [0.2, 0.25) is 11.8 Å². The summed E-state index contributed by atoms with van der Waals surface area (Å²) >= 11 is 0. The number of rotatable bonds is 5. The van der Waals surface area contributed by atoms with Crippen molar-refractivity contribution in [1.82, 2.24) is 15.1 Å². The number of amides is 3. The summed E-state index contributed by atoms with van der Waals surface area (Å²) in [5, 5.41) is 2.87. The van der Waals surface area contributed by atoms with Gasteiger partial charge in [0.25, 0.3) is 5.91 Å². The minimum atomic E-state index is 0.0623. The van der Waals surface area contributed by atoms with Crippen LogP contribution in [0.4, 0.5) is 0 Å². The van der Waals surface area contributed by atoms with E-state index in [0.717, 1.165) is 44.6 Å². The first-order chi connectivity index (χ1) is 13.0. The molecule has 2 unspecified atom stereocenters. The zero-order valence-electron chi connectivity index (χ0n) is 15.8. The van der Waals surface area contributed by atoms with Crippen molar-refractivity contribution in [2.45, 2.75) is 26.2 Å². The monoisotopic (exact) mass is 369 g/mol. The molecule has 144 valence electrons. The highest BCUT2D eigenvalue weighted by molar-refractivity contribution is 5.94. The Morgan fingerprint density at radius 3 is 2.44 bits per heavy atom. The predicted octanol–water partition coefficient (Wildman–Crippen LogP) is 1.52. The maximum atomic E-state index is 12.6. The average molecular weight is 369 g/mol. The van der Waals surface area contributed by atoms with Crippen molar-refractivity contribution < 1.29 is 14.4 Å². The van der Waals surface area contributed by atoms with Crippen LogP contribution in [-0.2, 0) is 9.59 Å². The van der Waals surface area contributed by atoms with E-state index in [-0.39, 0.29) is 29.1 Å². The van der Waals surface area contributed by atoms with E-state index in [1.54, 1.807) is 0 Å². The number of carbonyl (C=O) groups is 3. The van der Waals surface area contributed by atoms with E-state index in [0.29, 0.717) is 18.9 Å². The van der Waals surface area contributed by atoms with Gasteiger partial charge in [-0.25, -0.2) is 0 Å². The Labute approximate surface area is 159 Å². The molecule has 0 bridgehead atoms. The lowest BCUT2D eigenvalue weighted by atomic mass is 9.79. The van der Waals surface area contributed by atoms with Gasteiger partial charge in [0.1, 0.15) is 0 Å². The minimum Gasteiger partial charge on any atom is -0.355 e. The molecule has 2 heterocycles. The van der Waals surface area contributed by atoms with Crippen molar-refractivity contribution in [3.63, 3.8) is 0 Å². The molecular weight excluding hydrogens is 342 g/mol. The van der Waals surface area contributed by atoms with Gasteiger partial charge in [0.15, 0.2) is 0 Å². The second-order valence-electron chi connectivity index (χ2n) is 8.45. The van der Waals surface area contributed by atoms with Crippen LogP contribution in [0.25, 0.3) is 0 Å². The molecular formula is C21H27N3O3. The second kappa shape index (κ2) is 6.98. The zero-order chi connectivity index (χ0) is 19.0. The molecule has 2 saturated heterocycles. The summed E-state index contributed by atoms with van der Waals surface area (Å²) < 4.78 is 0. The Balaban J connectivity index is 1.20. The van der Waals surface area contributed by atoms with E-state index >= 15 is 0 Å². The lowest BCUT2D eigenvalue weighted by Gasteiger charge is -2.48. The van der Waals surface area contributed by atoms with Gasteiger partial charge in [-0.2, -0.15) is 0 Å². The third-order valence-electron chi connectivity index (χ3n) is 6.24. The molecule has 1 aliphatic carbocycles. The number of likely N-dealkylation sites (tertiary alicyclic amines) is 2. The van der Waals surface area contributed by atoms with Gasteiger partial charge in [0.05, 0.1) is 0 Å². The lowest BCUT2D eigenvalue weighted by Crippen LogP contribution is -2.59. The van der Waals surface area contributed by atoms with E-state index in [9.17, 15) is 14.4 Å². The van der Waals surface area contributed by atoms with Gasteiger partial charge in [-0.15, -0.1) is 0 Å². The number of hydrogen-bond acceptors (Lipinski definition) is 3. The van der Waals surface area contributed by atoms with Gasteiger partial charge in [-0.05, 0) is 30.9 Å². The van der Waals surface area contributed by atoms with E-state index in [4.69, 9.17) is 0 Å². The highest BCUT2D eigenvalue weighted by atomic mass is 16.2. The zero-order valence-corrected chi connectivity index (χ0v) is 15.8. The van der Waals surface area contributed by atoms with Crippen LogP contribution < -0.4 is 5.32 Å². The Morgan fingerprint density at radius 1 is 1.11 bits per heavy atom. The lowest BCUT2D eigenvalue weighted by molar-refractivity contribution is -0.142. The SMILES string of the molecule is CC1CC1C(=O)NCCC(=O)N1CC2(CCN(C(=O)c3ccccc3)C2)C1. The number of nitrogens with one attached hydrogen (secondary N) is 1. The van der Waals surface area contributed by atoms with E-state index < -0.39 is 0 Å². The molecule has 3 fully saturated rings. The van der Waals surface area contributed by atoms with Gasteiger partial charge in [0, 0.05) is 56.0 Å². The summed E-state index contributed by atoms with van der Waals surface area (Å²) in [6, 6.07) is 9.36. The molecule has 1 N–H and O–H groups in total. The van der Waals surface area contributed by atoms with Crippen molar-refractivity contribution in [1.29, 1.82) is 0 Å². The van der Waals surface area contributed by atoms with Crippen molar-refractivity contribution in [3.05, 3.63) is 35.9 Å². The van der Waals surface area contributed by atoms with Crippen LogP contribution in [0.15, 0.2) is 30.3 Å². The topological polar surface area (TPSA) is 69.7 Å². The highest BCUT2D eigenvalue weighted by Crippen LogP contribution is 2.40. The molecule has 6 nitrogen and oxygen atoms in total. The summed E-state index contributed by atoms with van der Waals surface area (Å²) in [7, 11) is 0. The van der Waals surface area contributed by atoms with E-state index in [2.05, 4.69) is 12.2 Å². The molecule has 3 aliphatic rings. The fraction of sp³-hybridized carbons (Fsp3) is 0.571. The molecule has 1 aromatic rings. The van der Waals surface area contributed by atoms with E-state index in [1.807, 2.05) is 40.1 Å². The molecule has 2 aliphatic heterocycles. The number of benzene rings is 1. The quantitative estimate of drug-likeness (QED) is 0.856. The van der Waals surface area contributed by atoms with E-state index in [1.165, 1.54) is 0 Å². The van der Waals surface area contributed by atoms with Crippen molar-refractivity contribution in [3.8, 4) is 0 Å². The highest BCUT2D eigenvalue weighted by Gasteiger charge is 2.50. The first-order valence-corrected chi connectivity index (χ1v) is 9.87. The molecule has 2 atom stereocenters. The summed E-state index contributed by atoms with van der Waals surface area (Å²) in [5.74, 6) is 0.895. The smallest absolute Gasteiger partial charge is 0.253 e. The third kappa shape index (κ3) is 3.70. The van der Waals surface area contributed by atoms with Crippen LogP contribution >= 0.6 is 0 Å². The Bertz CT molecular complexity index is 742. The molecule has 1 spiro atoms. The summed E-state index contributed by atoms with van der Waals surface area (Å²) in [4.78, 5) is 40.5. The molecule has 0 aromatic heterocycles. The molecule has 1 aromatic carbocycles. The second-order valence-corrected chi connectivity index (χ2v) is 8.45. The molecule has 6 heteroatoms. The van der Waals surface area contributed by atoms with Gasteiger partial charge in [-0.1, -0.05) is 25.1 Å². The van der Waals surface area contributed by atoms with Crippen LogP contribution in [-0.4, -0.2) is 60.2 Å². The molecule has 0 radical (unpaired) electrons. The minimum absolute atomic E-state index is 0.0623. The maximum Gasteiger partial charge on any atom is 0.253 e. The largest absolute Gasteiger partial charge is 0.355 e. The van der Waals surface area contributed by atoms with Gasteiger partial charge >= 0.3 is 0 Å². The van der Waals surface area contributed by atoms with Crippen LogP contribution in [0.5, 0.6) is 0 Å². The number of carbonyl (C=O) groups excluding carboxylic acids is 3. The van der Waals surface area contributed by atoms with Crippen LogP contribution in [0.2, 0.25) is 0 Å². The van der Waals surface area contributed by atoms with Gasteiger partial charge in [-0.3, -0.25) is 14.4 Å². The molecule has 27 heavy (non-hydrogen) atoms. The van der Waals surface area contributed by atoms with Crippen LogP contribution in [0.3, 0.4) is 0 Å². The summed E-state index contributed by atoms with van der Waals surface area (Å²) in [5.41, 5.74) is 0.787. The summed E-state index contributed by atoms with van der Waals surface area (Å²) in [6.45, 7) is 5.41. The molecule has 3 amide bonds. The molecule has 4 rings (SSSR count). The van der Waals surface area contributed by atoms with Crippen molar-refractivity contribution in [2.24, 2.45) is 17.3 Å². The first-order valence-electron chi connectivity index (χ1n) is 9.87. The number of nitrogens with zero attached hydrogens (tertiary/aromatic N) is 2. The maximum absolute atomic E-state index is 12.6. The third-order valence-corrected chi connectivity index (χ3v) is 6.24. The standard InChI is InChI=1S/C21H27N3O3/c1-15-11-17(15)19(26)22-9-7-18(25)24-13-21(14-24)8-10-23(12-21)20(27)16-5-3-2-4-6-16/h2-6,15,17H,7-14H2,1H3,(H,22,26). The fourth-order valence-electron chi connectivity index (χ4n) is 4.34. The Hall–Kier alpha value is -2.37. The Morgan fingerprint density at radius 2 is 1.78 bits per heavy atom. The van der Waals surface area contributed by atoms with Crippen molar-refractivity contribution in [2.75, 3.05) is 32.7 Å². The summed E-state index contributed by atoms with van der Waals surface area (Å²) in [6.07, 6.45) is 2.27. The van der Waals surface area contributed by atoms with Crippen molar-refractivity contribution >= 4 is 17.7 Å². The Kier molecular flexibility index (Phi) is 4.66.